The molecule has 0 bridgehead atoms. The molecular formula is C11H17N5S2. The third kappa shape index (κ3) is 3.49. The molecule has 2 aromatic heterocycles. The van der Waals surface area contributed by atoms with Crippen molar-refractivity contribution >= 4 is 27.8 Å². The fourth-order valence-electron chi connectivity index (χ4n) is 1.62. The maximum Gasteiger partial charge on any atom is 0.219 e. The fourth-order valence-corrected chi connectivity index (χ4v) is 3.16. The van der Waals surface area contributed by atoms with E-state index in [4.69, 9.17) is 5.84 Å². The van der Waals surface area contributed by atoms with E-state index in [0.717, 1.165) is 18.0 Å². The zero-order chi connectivity index (χ0) is 13.0. The van der Waals surface area contributed by atoms with Crippen LogP contribution < -0.4 is 11.3 Å². The number of anilines is 1. The van der Waals surface area contributed by atoms with Crippen molar-refractivity contribution in [3.8, 4) is 0 Å². The van der Waals surface area contributed by atoms with E-state index >= 15 is 0 Å². The minimum absolute atomic E-state index is 0.474. The number of hydrogen-bond donors (Lipinski definition) is 2. The maximum absolute atomic E-state index is 5.29. The highest BCUT2D eigenvalue weighted by atomic mass is 32.1. The van der Waals surface area contributed by atoms with Crippen LogP contribution in [0.15, 0.2) is 17.5 Å². The van der Waals surface area contributed by atoms with Crippen LogP contribution in [0.25, 0.3) is 0 Å². The van der Waals surface area contributed by atoms with Crippen LogP contribution in [0.1, 0.15) is 16.8 Å². The molecule has 0 spiro atoms. The number of nitrogen functional groups attached to an aromatic ring is 1. The van der Waals surface area contributed by atoms with Gasteiger partial charge >= 0.3 is 0 Å². The summed E-state index contributed by atoms with van der Waals surface area (Å²) in [7, 11) is 2.11. The Balaban J connectivity index is 1.88. The van der Waals surface area contributed by atoms with Gasteiger partial charge in [-0.2, -0.15) is 0 Å². The minimum Gasteiger partial charge on any atom is -0.298 e. The van der Waals surface area contributed by atoms with E-state index in [1.54, 1.807) is 11.3 Å². The quantitative estimate of drug-likeness (QED) is 0.626. The Bertz CT molecular complexity index is 467. The van der Waals surface area contributed by atoms with E-state index in [1.807, 2.05) is 0 Å². The number of nitrogens with two attached hydrogens (primary N) is 1. The molecule has 0 aromatic carbocycles. The van der Waals surface area contributed by atoms with Gasteiger partial charge in [0.1, 0.15) is 5.01 Å². The number of rotatable bonds is 6. The minimum atomic E-state index is 0.474. The van der Waals surface area contributed by atoms with Crippen molar-refractivity contribution in [3.05, 3.63) is 27.4 Å². The van der Waals surface area contributed by atoms with E-state index in [0.29, 0.717) is 11.2 Å². The maximum atomic E-state index is 5.29. The van der Waals surface area contributed by atoms with Crippen LogP contribution >= 0.6 is 22.7 Å². The number of nitrogens with one attached hydrogen (secondary N) is 1. The van der Waals surface area contributed by atoms with Gasteiger partial charge in [-0.3, -0.25) is 10.3 Å². The van der Waals surface area contributed by atoms with Gasteiger partial charge in [0, 0.05) is 10.9 Å². The molecule has 7 heteroatoms. The Morgan fingerprint density at radius 2 is 2.33 bits per heavy atom. The topological polar surface area (TPSA) is 67.1 Å². The SMILES string of the molecule is CC(Cc1cccs1)N(C)Cc1nnc(NN)s1. The van der Waals surface area contributed by atoms with E-state index in [-0.39, 0.29) is 0 Å². The van der Waals surface area contributed by atoms with Gasteiger partial charge in [0.2, 0.25) is 5.13 Å². The summed E-state index contributed by atoms with van der Waals surface area (Å²) < 4.78 is 0. The average Bonchev–Trinajstić information content (AvgIpc) is 3.00. The van der Waals surface area contributed by atoms with Gasteiger partial charge in [-0.15, -0.1) is 21.5 Å². The number of likely N-dealkylation sites (N-methyl/N-ethyl adjacent to an activating group) is 1. The second-order valence-electron chi connectivity index (χ2n) is 4.19. The lowest BCUT2D eigenvalue weighted by molar-refractivity contribution is 0.248. The summed E-state index contributed by atoms with van der Waals surface area (Å²) in [5.41, 5.74) is 2.51. The third-order valence-electron chi connectivity index (χ3n) is 2.80. The van der Waals surface area contributed by atoms with Gasteiger partial charge in [0.15, 0.2) is 0 Å². The Morgan fingerprint density at radius 3 is 2.94 bits per heavy atom. The van der Waals surface area contributed by atoms with E-state index in [9.17, 15) is 0 Å². The summed E-state index contributed by atoms with van der Waals surface area (Å²) in [4.78, 5) is 3.69. The number of nitrogens with zero attached hydrogens (tertiary/aromatic N) is 3. The summed E-state index contributed by atoms with van der Waals surface area (Å²) in [6, 6.07) is 4.74. The molecule has 98 valence electrons. The molecule has 2 rings (SSSR count). The van der Waals surface area contributed by atoms with Gasteiger partial charge in [0.05, 0.1) is 6.54 Å². The number of hydrazine groups is 1. The standard InChI is InChI=1S/C11H17N5S2/c1-8(6-9-4-3-5-17-9)16(2)7-10-14-15-11(13-12)18-10/h3-5,8H,6-7,12H2,1-2H3,(H,13,15). The first-order valence-electron chi connectivity index (χ1n) is 5.70. The highest BCUT2D eigenvalue weighted by molar-refractivity contribution is 7.15. The molecule has 0 aliphatic carbocycles. The molecule has 0 aliphatic rings. The highest BCUT2D eigenvalue weighted by Crippen LogP contribution is 2.18. The monoisotopic (exact) mass is 283 g/mol. The van der Waals surface area contributed by atoms with Crippen LogP contribution in [0.2, 0.25) is 0 Å². The van der Waals surface area contributed by atoms with Crippen molar-refractivity contribution in [1.29, 1.82) is 0 Å². The Labute approximate surface area is 115 Å². The van der Waals surface area contributed by atoms with Crippen molar-refractivity contribution in [2.45, 2.75) is 25.9 Å². The van der Waals surface area contributed by atoms with Crippen LogP contribution in [-0.4, -0.2) is 28.2 Å². The first-order chi connectivity index (χ1) is 8.69. The lowest BCUT2D eigenvalue weighted by Crippen LogP contribution is -2.30. The summed E-state index contributed by atoms with van der Waals surface area (Å²) in [6.07, 6.45) is 1.06. The molecular weight excluding hydrogens is 266 g/mol. The van der Waals surface area contributed by atoms with Crippen molar-refractivity contribution in [2.24, 2.45) is 5.84 Å². The third-order valence-corrected chi connectivity index (χ3v) is 4.54. The Hall–Kier alpha value is -1.02. The average molecular weight is 283 g/mol. The molecule has 0 fully saturated rings. The molecule has 2 aromatic rings. The van der Waals surface area contributed by atoms with E-state index < -0.39 is 0 Å². The molecule has 0 amide bonds. The van der Waals surface area contributed by atoms with Crippen LogP contribution in [-0.2, 0) is 13.0 Å². The van der Waals surface area contributed by atoms with Gasteiger partial charge in [-0.25, -0.2) is 5.84 Å². The number of hydrogen-bond acceptors (Lipinski definition) is 7. The van der Waals surface area contributed by atoms with Crippen molar-refractivity contribution in [3.63, 3.8) is 0 Å². The largest absolute Gasteiger partial charge is 0.298 e. The first kappa shape index (κ1) is 13.4. The summed E-state index contributed by atoms with van der Waals surface area (Å²) in [6.45, 7) is 3.02. The van der Waals surface area contributed by atoms with Crippen LogP contribution in [0.4, 0.5) is 5.13 Å². The predicted molar refractivity (Wildman–Crippen MR) is 76.7 cm³/mol. The fraction of sp³-hybridized carbons (Fsp3) is 0.455. The van der Waals surface area contributed by atoms with Crippen LogP contribution in [0.5, 0.6) is 0 Å². The van der Waals surface area contributed by atoms with Crippen molar-refractivity contribution in [1.82, 2.24) is 15.1 Å². The van der Waals surface area contributed by atoms with E-state index in [2.05, 4.69) is 52.0 Å². The summed E-state index contributed by atoms with van der Waals surface area (Å²) in [5, 5.41) is 11.8. The molecule has 0 radical (unpaired) electrons. The number of aromatic nitrogens is 2. The Morgan fingerprint density at radius 1 is 1.50 bits per heavy atom. The van der Waals surface area contributed by atoms with E-state index in [1.165, 1.54) is 16.2 Å². The predicted octanol–water partition coefficient (Wildman–Crippen LogP) is 1.95. The second kappa shape index (κ2) is 6.24. The molecule has 2 heterocycles. The smallest absolute Gasteiger partial charge is 0.219 e. The highest BCUT2D eigenvalue weighted by Gasteiger charge is 2.13. The zero-order valence-electron chi connectivity index (χ0n) is 10.5. The van der Waals surface area contributed by atoms with Gasteiger partial charge < -0.3 is 0 Å². The molecule has 5 nitrogen and oxygen atoms in total. The normalized spacial score (nSPS) is 12.9. The first-order valence-corrected chi connectivity index (χ1v) is 7.40. The molecule has 0 saturated heterocycles. The lowest BCUT2D eigenvalue weighted by atomic mass is 10.2. The molecule has 18 heavy (non-hydrogen) atoms. The van der Waals surface area contributed by atoms with Gasteiger partial charge in [0.25, 0.3) is 0 Å². The van der Waals surface area contributed by atoms with Crippen LogP contribution in [0.3, 0.4) is 0 Å². The molecule has 0 saturated carbocycles. The molecule has 3 N–H and O–H groups in total. The van der Waals surface area contributed by atoms with Crippen LogP contribution in [0, 0.1) is 0 Å². The van der Waals surface area contributed by atoms with Gasteiger partial charge in [-0.1, -0.05) is 17.4 Å². The zero-order valence-corrected chi connectivity index (χ0v) is 12.1. The molecule has 1 unspecified atom stereocenters. The van der Waals surface area contributed by atoms with Crippen molar-refractivity contribution < 1.29 is 0 Å². The van der Waals surface area contributed by atoms with Crippen molar-refractivity contribution in [2.75, 3.05) is 12.5 Å². The molecule has 0 aliphatic heterocycles. The summed E-state index contributed by atoms with van der Waals surface area (Å²) in [5.74, 6) is 5.29. The summed E-state index contributed by atoms with van der Waals surface area (Å²) >= 11 is 3.29. The Kier molecular flexibility index (Phi) is 4.65. The number of thiophene rings is 1. The lowest BCUT2D eigenvalue weighted by Gasteiger charge is -2.22. The van der Waals surface area contributed by atoms with Gasteiger partial charge in [-0.05, 0) is 31.8 Å². The molecule has 1 atom stereocenters. The second-order valence-corrected chi connectivity index (χ2v) is 6.29.